The summed E-state index contributed by atoms with van der Waals surface area (Å²) in [5.74, 6) is -2.99. The molecule has 0 aliphatic heterocycles. The molecule has 35 nitrogen and oxygen atoms in total. The summed E-state index contributed by atoms with van der Waals surface area (Å²) < 4.78 is 241. The Hall–Kier alpha value is 1.11. The number of anilines is 2. The van der Waals surface area contributed by atoms with Gasteiger partial charge in [0.05, 0.1) is 77.8 Å². The van der Waals surface area contributed by atoms with Gasteiger partial charge in [0, 0.05) is 0 Å². The molecule has 0 saturated carbocycles. The quantitative estimate of drug-likeness (QED) is 0.00614. The molecule has 0 atom stereocenters. The zero-order valence-corrected chi connectivity index (χ0v) is 60.9. The SMILES string of the molecule is Nc1c(N=Nc2ccc(S(=O)(=O)CCOSOO[O-])cc2S(=O)(=O)[O-])cc(N=Nc2ccc(S(=O)(=O)CCOSOO[O-])cc2S(=O)(=O)[O-])c(N)c1N=Nc1ccc(S(=O)(=O)CCOS(=O)(=O)[O-])cc1S(=O)(=O)[O-].[Na+].[Na+].[Na+].[Na+].[Na+].[Na+]. The van der Waals surface area contributed by atoms with Crippen LogP contribution in [0.3, 0.4) is 0 Å². The molecule has 0 fully saturated rings. The van der Waals surface area contributed by atoms with Crippen molar-refractivity contribution in [2.24, 2.45) is 30.7 Å². The molecule has 4 aromatic carbocycles. The van der Waals surface area contributed by atoms with Gasteiger partial charge in [-0.15, -0.1) is 39.4 Å². The molecule has 0 radical (unpaired) electrons. The fourth-order valence-corrected chi connectivity index (χ4v) is 11.7. The molecule has 4 rings (SSSR count). The fraction of sp³-hybridized carbons (Fsp3) is 0.200. The number of sulfone groups is 3. The van der Waals surface area contributed by atoms with Crippen molar-refractivity contribution >= 4 is 140 Å². The molecule has 4 aromatic rings. The van der Waals surface area contributed by atoms with Crippen LogP contribution < -0.4 is 199 Å². The summed E-state index contributed by atoms with van der Waals surface area (Å²) >= 11 is -0.0958. The molecular formula is C30H26N8Na6O27S9. The molecule has 4 N–H and O–H groups in total. The average Bonchev–Trinajstić information content (AvgIpc) is 3.29. The Balaban J connectivity index is -0.00000988. The van der Waals surface area contributed by atoms with E-state index in [-0.39, 0.29) is 208 Å². The van der Waals surface area contributed by atoms with E-state index >= 15 is 0 Å². The monoisotopic (exact) mass is 1360 g/mol. The molecule has 0 unspecified atom stereocenters. The Morgan fingerprint density at radius 1 is 0.412 bits per heavy atom. The van der Waals surface area contributed by atoms with Gasteiger partial charge in [0.2, 0.25) is 10.4 Å². The van der Waals surface area contributed by atoms with E-state index in [1.165, 1.54) is 0 Å². The first-order valence-corrected chi connectivity index (χ1v) is 30.1. The van der Waals surface area contributed by atoms with E-state index in [1.54, 1.807) is 0 Å². The van der Waals surface area contributed by atoms with Gasteiger partial charge in [0.15, 0.2) is 54.2 Å². The van der Waals surface area contributed by atoms with E-state index in [0.29, 0.717) is 36.4 Å². The smallest absolute Gasteiger partial charge is 0.744 e. The normalized spacial score (nSPS) is 12.4. The van der Waals surface area contributed by atoms with Crippen LogP contribution in [0.25, 0.3) is 0 Å². The van der Waals surface area contributed by atoms with Gasteiger partial charge < -0.3 is 40.2 Å². The molecule has 408 valence electrons. The average molecular weight is 1360 g/mol. The number of hydrogen-bond donors (Lipinski definition) is 2. The molecule has 50 heteroatoms. The number of rotatable bonds is 28. The van der Waals surface area contributed by atoms with Gasteiger partial charge in [-0.1, -0.05) is 0 Å². The Morgan fingerprint density at radius 3 is 0.988 bits per heavy atom. The number of benzene rings is 4. The second-order valence-corrected chi connectivity index (χ2v) is 25.6. The molecular weight excluding hydrogens is 1330 g/mol. The predicted octanol–water partition coefficient (Wildman–Crippen LogP) is -17.8. The van der Waals surface area contributed by atoms with Crippen LogP contribution in [0.5, 0.6) is 0 Å². The summed E-state index contributed by atoms with van der Waals surface area (Å²) in [6.45, 7) is -2.56. The van der Waals surface area contributed by atoms with E-state index in [2.05, 4.69) is 62.0 Å². The van der Waals surface area contributed by atoms with Crippen LogP contribution in [0.4, 0.5) is 45.5 Å². The zero-order chi connectivity index (χ0) is 55.5. The Kier molecular flexibility index (Phi) is 39.7. The Labute approximate surface area is 596 Å². The van der Waals surface area contributed by atoms with Crippen molar-refractivity contribution in [1.29, 1.82) is 0 Å². The van der Waals surface area contributed by atoms with Gasteiger partial charge in [0.1, 0.15) is 64.5 Å². The first-order valence-electron chi connectivity index (χ1n) is 18.3. The molecule has 0 bridgehead atoms. The van der Waals surface area contributed by atoms with Crippen LogP contribution in [0, 0.1) is 0 Å². The van der Waals surface area contributed by atoms with Gasteiger partial charge in [-0.2, -0.15) is 0 Å². The van der Waals surface area contributed by atoms with Gasteiger partial charge in [-0.25, -0.2) is 58.9 Å². The third kappa shape index (κ3) is 26.4. The second-order valence-electron chi connectivity index (χ2n) is 13.2. The molecule has 0 aliphatic carbocycles. The maximum absolute atomic E-state index is 12.9. The van der Waals surface area contributed by atoms with Crippen molar-refractivity contribution < 1.29 is 296 Å². The van der Waals surface area contributed by atoms with Crippen LogP contribution in [-0.2, 0) is 102 Å². The van der Waals surface area contributed by atoms with Gasteiger partial charge in [-0.05, 0) is 60.7 Å². The van der Waals surface area contributed by atoms with E-state index in [1.807, 2.05) is 0 Å². The van der Waals surface area contributed by atoms with Gasteiger partial charge in [0.25, 0.3) is 0 Å². The van der Waals surface area contributed by atoms with Crippen LogP contribution in [0.2, 0.25) is 0 Å². The maximum Gasteiger partial charge on any atom is 1.00 e. The number of nitrogens with two attached hydrogens (primary N) is 2. The number of nitrogen functional groups attached to an aromatic ring is 2. The molecule has 0 saturated heterocycles. The minimum atomic E-state index is -5.71. The van der Waals surface area contributed by atoms with Crippen molar-refractivity contribution in [3.63, 3.8) is 0 Å². The summed E-state index contributed by atoms with van der Waals surface area (Å²) in [6.07, 6.45) is 0. The summed E-state index contributed by atoms with van der Waals surface area (Å²) in [5.41, 5.74) is 5.95. The number of hydrogen-bond acceptors (Lipinski definition) is 37. The maximum atomic E-state index is 12.9. The summed E-state index contributed by atoms with van der Waals surface area (Å²) in [5, 5.41) is 47.9. The number of azo groups is 3. The molecule has 0 aliphatic rings. The number of nitrogens with zero attached hydrogens (tertiary/aromatic N) is 6. The zero-order valence-electron chi connectivity index (χ0n) is 41.6. The minimum absolute atomic E-state index is 0. The fourth-order valence-electron chi connectivity index (χ4n) is 5.19. The van der Waals surface area contributed by atoms with Crippen molar-refractivity contribution in [2.75, 3.05) is 48.5 Å². The van der Waals surface area contributed by atoms with Crippen molar-refractivity contribution in [1.82, 2.24) is 0 Å². The minimum Gasteiger partial charge on any atom is -0.744 e. The standard InChI is InChI=1S/C30H32N8O27S9.6Na/c31-28-23(36-33-20-4-1-17(13-25(20)71(47,48)49)68(41,42)10-7-59-66-64-62-39)16-24(37-34-21-5-2-18(14-26(21)72(50,51)52)69(43,44)11-8-60-67-65-63-40)29(32)30(28)38-35-22-6-3-19(15-27(22)73(53,54)55)70(45,46)12-9-61-74(56,57)58;;;;;;/h1-6,13-16,39-40H,7-12,31-32H2,(H,47,48,49)(H,50,51,52)(H,53,54,55)(H,56,57,58);;;;;;/q;6*+1/p-6. The second kappa shape index (κ2) is 37.2. The van der Waals surface area contributed by atoms with Crippen molar-refractivity contribution in [2.45, 2.75) is 29.4 Å². The predicted molar refractivity (Wildman–Crippen MR) is 234 cm³/mol. The Morgan fingerprint density at radius 2 is 0.700 bits per heavy atom. The third-order valence-corrected chi connectivity index (χ3v) is 17.3. The third-order valence-electron chi connectivity index (χ3n) is 8.46. The first-order chi connectivity index (χ1) is 34.2. The van der Waals surface area contributed by atoms with E-state index in [0.717, 1.165) is 18.2 Å². The molecule has 80 heavy (non-hydrogen) atoms. The topological polar surface area (TPSA) is 568 Å². The summed E-state index contributed by atoms with van der Waals surface area (Å²) in [7, 11) is -35.9. The molecule has 0 aromatic heterocycles. The van der Waals surface area contributed by atoms with E-state index in [9.17, 15) is 87.7 Å². The Bertz CT molecular complexity index is 3530. The van der Waals surface area contributed by atoms with E-state index < -0.39 is 182 Å². The largest absolute Gasteiger partial charge is 1.00 e. The van der Waals surface area contributed by atoms with E-state index in [4.69, 9.17) is 11.5 Å². The van der Waals surface area contributed by atoms with Crippen molar-refractivity contribution in [3.05, 3.63) is 60.7 Å². The molecule has 0 spiro atoms. The summed E-state index contributed by atoms with van der Waals surface area (Å²) in [6, 6.07) is 5.96. The van der Waals surface area contributed by atoms with Gasteiger partial charge in [-0.3, -0.25) is 22.6 Å². The van der Waals surface area contributed by atoms with Crippen molar-refractivity contribution in [3.8, 4) is 0 Å². The summed E-state index contributed by atoms with van der Waals surface area (Å²) in [4.78, 5) is -6.50. The van der Waals surface area contributed by atoms with Gasteiger partial charge >= 0.3 is 177 Å². The van der Waals surface area contributed by atoms with Crippen LogP contribution in [-0.4, -0.2) is 114 Å². The first kappa shape index (κ1) is 85.3. The van der Waals surface area contributed by atoms with Crippen LogP contribution in [0.15, 0.2) is 121 Å². The molecule has 0 heterocycles. The van der Waals surface area contributed by atoms with Crippen LogP contribution >= 0.6 is 24.6 Å². The molecule has 0 amide bonds. The van der Waals surface area contributed by atoms with Crippen LogP contribution in [0.1, 0.15) is 0 Å².